The Morgan fingerprint density at radius 3 is 2.88 bits per heavy atom. The molecule has 2 aliphatic rings. The number of aryl methyl sites for hydroxylation is 1. The smallest absolute Gasteiger partial charge is 0.0208 e. The Hall–Kier alpha value is -0.820. The molecule has 0 saturated carbocycles. The molecule has 1 unspecified atom stereocenters. The van der Waals surface area contributed by atoms with Crippen LogP contribution in [0.5, 0.6) is 0 Å². The van der Waals surface area contributed by atoms with Gasteiger partial charge < -0.3 is 5.32 Å². The van der Waals surface area contributed by atoms with Crippen LogP contribution in [0.4, 0.5) is 0 Å². The summed E-state index contributed by atoms with van der Waals surface area (Å²) in [6, 6.07) is 4.91. The van der Waals surface area contributed by atoms with Crippen molar-refractivity contribution in [3.8, 4) is 0 Å². The zero-order chi connectivity index (χ0) is 11.1. The minimum Gasteiger partial charge on any atom is -0.312 e. The molecule has 1 aromatic rings. The molecule has 0 saturated heterocycles. The molecule has 0 aromatic heterocycles. The van der Waals surface area contributed by atoms with Gasteiger partial charge in [0.2, 0.25) is 0 Å². The quantitative estimate of drug-likeness (QED) is 0.757. The number of benzene rings is 1. The molecule has 0 amide bonds. The summed E-state index contributed by atoms with van der Waals surface area (Å²) in [5.74, 6) is 1.46. The van der Waals surface area contributed by atoms with Crippen LogP contribution in [0.15, 0.2) is 12.1 Å². The van der Waals surface area contributed by atoms with Crippen LogP contribution < -0.4 is 5.32 Å². The van der Waals surface area contributed by atoms with Crippen LogP contribution in [0.2, 0.25) is 0 Å². The molecule has 16 heavy (non-hydrogen) atoms. The Kier molecular flexibility index (Phi) is 2.51. The summed E-state index contributed by atoms with van der Waals surface area (Å²) in [6.45, 7) is 6.87. The molecule has 1 aliphatic heterocycles. The maximum Gasteiger partial charge on any atom is 0.0208 e. The Bertz CT molecular complexity index is 375. The molecule has 0 radical (unpaired) electrons. The number of hydrogen-bond donors (Lipinski definition) is 1. The Morgan fingerprint density at radius 2 is 2.06 bits per heavy atom. The molecular weight excluding hydrogens is 194 g/mol. The Labute approximate surface area is 98.3 Å². The van der Waals surface area contributed by atoms with E-state index in [0.29, 0.717) is 5.92 Å². The van der Waals surface area contributed by atoms with Crippen molar-refractivity contribution in [3.63, 3.8) is 0 Å². The van der Waals surface area contributed by atoms with Gasteiger partial charge in [-0.2, -0.15) is 0 Å². The lowest BCUT2D eigenvalue weighted by molar-refractivity contribution is 0.473. The van der Waals surface area contributed by atoms with Crippen LogP contribution in [-0.2, 0) is 13.0 Å². The van der Waals surface area contributed by atoms with Crippen molar-refractivity contribution in [1.29, 1.82) is 0 Å². The fourth-order valence-electron chi connectivity index (χ4n) is 3.29. The van der Waals surface area contributed by atoms with Crippen molar-refractivity contribution in [2.45, 2.75) is 51.5 Å². The average Bonchev–Trinajstić information content (AvgIpc) is 2.29. The number of rotatable bonds is 1. The van der Waals surface area contributed by atoms with Crippen molar-refractivity contribution in [3.05, 3.63) is 34.4 Å². The molecule has 3 rings (SSSR count). The van der Waals surface area contributed by atoms with Gasteiger partial charge in [-0.15, -0.1) is 0 Å². The van der Waals surface area contributed by atoms with Crippen molar-refractivity contribution < 1.29 is 0 Å². The van der Waals surface area contributed by atoms with E-state index in [-0.39, 0.29) is 0 Å². The highest BCUT2D eigenvalue weighted by Crippen LogP contribution is 2.37. The number of hydrogen-bond acceptors (Lipinski definition) is 1. The molecule has 0 fully saturated rings. The minimum absolute atomic E-state index is 0.656. The van der Waals surface area contributed by atoms with E-state index in [1.165, 1.54) is 31.4 Å². The lowest BCUT2D eigenvalue weighted by Gasteiger charge is -2.33. The SMILES string of the molecule is CC(C)c1cc2c3c(c1)CNCC3CCC2. The summed E-state index contributed by atoms with van der Waals surface area (Å²) in [5.41, 5.74) is 6.46. The highest BCUT2D eigenvalue weighted by molar-refractivity contribution is 5.45. The lowest BCUT2D eigenvalue weighted by Crippen LogP contribution is -2.31. The molecule has 1 nitrogen and oxygen atoms in total. The molecule has 0 spiro atoms. The van der Waals surface area contributed by atoms with Crippen LogP contribution in [0.25, 0.3) is 0 Å². The van der Waals surface area contributed by atoms with Gasteiger partial charge in [-0.1, -0.05) is 26.0 Å². The van der Waals surface area contributed by atoms with Crippen LogP contribution in [0.3, 0.4) is 0 Å². The second-order valence-electron chi connectivity index (χ2n) is 5.63. The minimum atomic E-state index is 0.656. The van der Waals surface area contributed by atoms with Crippen LogP contribution >= 0.6 is 0 Å². The summed E-state index contributed by atoms with van der Waals surface area (Å²) in [7, 11) is 0. The van der Waals surface area contributed by atoms with Gasteiger partial charge in [0.1, 0.15) is 0 Å². The summed E-state index contributed by atoms with van der Waals surface area (Å²) >= 11 is 0. The molecule has 86 valence electrons. The highest BCUT2D eigenvalue weighted by atomic mass is 14.9. The van der Waals surface area contributed by atoms with Gasteiger partial charge in [-0.3, -0.25) is 0 Å². The standard InChI is InChI=1S/C15H21N/c1-10(2)13-6-11-4-3-5-12-8-16-9-14(7-13)15(11)12/h6-7,10,12,16H,3-5,8-9H2,1-2H3. The molecule has 1 aromatic carbocycles. The van der Waals surface area contributed by atoms with E-state index in [1.807, 2.05) is 0 Å². The molecular formula is C15H21N. The Morgan fingerprint density at radius 1 is 1.25 bits per heavy atom. The van der Waals surface area contributed by atoms with Crippen LogP contribution in [0, 0.1) is 0 Å². The van der Waals surface area contributed by atoms with Crippen molar-refractivity contribution in [1.82, 2.24) is 5.32 Å². The van der Waals surface area contributed by atoms with E-state index in [2.05, 4.69) is 31.3 Å². The third-order valence-electron chi connectivity index (χ3n) is 4.15. The van der Waals surface area contributed by atoms with Gasteiger partial charge in [-0.25, -0.2) is 0 Å². The first kappa shape index (κ1) is 10.3. The summed E-state index contributed by atoms with van der Waals surface area (Å²) < 4.78 is 0. The second-order valence-corrected chi connectivity index (χ2v) is 5.63. The maximum absolute atomic E-state index is 3.57. The van der Waals surface area contributed by atoms with E-state index < -0.39 is 0 Å². The molecule has 1 heteroatoms. The molecule has 1 heterocycles. The van der Waals surface area contributed by atoms with E-state index in [1.54, 1.807) is 16.7 Å². The highest BCUT2D eigenvalue weighted by Gasteiger charge is 2.26. The molecule has 1 atom stereocenters. The molecule has 1 N–H and O–H groups in total. The zero-order valence-corrected chi connectivity index (χ0v) is 10.3. The first-order valence-electron chi connectivity index (χ1n) is 6.62. The average molecular weight is 215 g/mol. The van der Waals surface area contributed by atoms with E-state index in [9.17, 15) is 0 Å². The van der Waals surface area contributed by atoms with Gasteiger partial charge in [0.25, 0.3) is 0 Å². The summed E-state index contributed by atoms with van der Waals surface area (Å²) in [4.78, 5) is 0. The Balaban J connectivity index is 2.13. The summed E-state index contributed by atoms with van der Waals surface area (Å²) in [6.07, 6.45) is 4.06. The van der Waals surface area contributed by atoms with E-state index in [4.69, 9.17) is 0 Å². The monoisotopic (exact) mass is 215 g/mol. The zero-order valence-electron chi connectivity index (χ0n) is 10.3. The van der Waals surface area contributed by atoms with Crippen LogP contribution in [-0.4, -0.2) is 6.54 Å². The van der Waals surface area contributed by atoms with E-state index >= 15 is 0 Å². The predicted molar refractivity (Wildman–Crippen MR) is 67.9 cm³/mol. The largest absolute Gasteiger partial charge is 0.312 e. The van der Waals surface area contributed by atoms with Crippen molar-refractivity contribution in [2.24, 2.45) is 0 Å². The van der Waals surface area contributed by atoms with E-state index in [0.717, 1.165) is 12.5 Å². The molecule has 0 bridgehead atoms. The normalized spacial score (nSPS) is 23.3. The van der Waals surface area contributed by atoms with Gasteiger partial charge >= 0.3 is 0 Å². The van der Waals surface area contributed by atoms with Crippen molar-refractivity contribution in [2.75, 3.05) is 6.54 Å². The third-order valence-corrected chi connectivity index (χ3v) is 4.15. The summed E-state index contributed by atoms with van der Waals surface area (Å²) in [5, 5.41) is 3.57. The third kappa shape index (κ3) is 1.58. The second kappa shape index (κ2) is 3.89. The first-order valence-corrected chi connectivity index (χ1v) is 6.62. The fraction of sp³-hybridized carbons (Fsp3) is 0.600. The topological polar surface area (TPSA) is 12.0 Å². The van der Waals surface area contributed by atoms with Gasteiger partial charge in [-0.05, 0) is 53.4 Å². The van der Waals surface area contributed by atoms with Gasteiger partial charge in [0.15, 0.2) is 0 Å². The van der Waals surface area contributed by atoms with Gasteiger partial charge in [0.05, 0.1) is 0 Å². The van der Waals surface area contributed by atoms with Crippen molar-refractivity contribution >= 4 is 0 Å². The molecule has 1 aliphatic carbocycles. The van der Waals surface area contributed by atoms with Gasteiger partial charge in [0, 0.05) is 13.1 Å². The lowest BCUT2D eigenvalue weighted by atomic mass is 9.76. The fourth-order valence-corrected chi connectivity index (χ4v) is 3.29. The maximum atomic E-state index is 3.57. The first-order chi connectivity index (χ1) is 7.75. The van der Waals surface area contributed by atoms with Crippen LogP contribution in [0.1, 0.15) is 60.8 Å². The number of nitrogens with one attached hydrogen (secondary N) is 1. The predicted octanol–water partition coefficient (Wildman–Crippen LogP) is 3.33.